The van der Waals surface area contributed by atoms with Gasteiger partial charge >= 0.3 is 0 Å². The van der Waals surface area contributed by atoms with Gasteiger partial charge in [0.05, 0.1) is 6.10 Å². The van der Waals surface area contributed by atoms with Crippen LogP contribution < -0.4 is 0 Å². The second-order valence-corrected chi connectivity index (χ2v) is 5.12. The van der Waals surface area contributed by atoms with E-state index in [1.165, 1.54) is 4.90 Å². The molecule has 4 atom stereocenters. The van der Waals surface area contributed by atoms with Gasteiger partial charge in [0, 0.05) is 12.1 Å². The summed E-state index contributed by atoms with van der Waals surface area (Å²) in [5.41, 5.74) is 1.67. The van der Waals surface area contributed by atoms with Gasteiger partial charge < -0.3 is 19.8 Å². The maximum Gasteiger partial charge on any atom is 0.256 e. The molecular formula is C14H17NO4. The lowest BCUT2D eigenvalue weighted by molar-refractivity contribution is -0.0719. The van der Waals surface area contributed by atoms with Gasteiger partial charge in [0.15, 0.2) is 6.23 Å². The van der Waals surface area contributed by atoms with Gasteiger partial charge in [-0.3, -0.25) is 4.79 Å². The molecule has 4 unspecified atom stereocenters. The Morgan fingerprint density at radius 3 is 2.68 bits per heavy atom. The molecule has 5 nitrogen and oxygen atoms in total. The largest absolute Gasteiger partial charge is 0.388 e. The molecule has 1 aromatic rings. The summed E-state index contributed by atoms with van der Waals surface area (Å²) in [6, 6.07) is 7.46. The number of nitrogens with zero attached hydrogens (tertiary/aromatic N) is 1. The molecule has 1 saturated heterocycles. The van der Waals surface area contributed by atoms with Crippen LogP contribution in [0.2, 0.25) is 0 Å². The van der Waals surface area contributed by atoms with Crippen LogP contribution in [-0.2, 0) is 11.2 Å². The number of carbonyl (C=O) groups is 1. The zero-order chi connectivity index (χ0) is 13.6. The van der Waals surface area contributed by atoms with E-state index in [9.17, 15) is 15.0 Å². The zero-order valence-corrected chi connectivity index (χ0v) is 10.7. The Hall–Kier alpha value is -1.43. The van der Waals surface area contributed by atoms with Gasteiger partial charge in [-0.1, -0.05) is 18.2 Å². The van der Waals surface area contributed by atoms with Crippen molar-refractivity contribution in [2.45, 2.75) is 37.9 Å². The van der Waals surface area contributed by atoms with Gasteiger partial charge in [0.2, 0.25) is 0 Å². The van der Waals surface area contributed by atoms with Crippen molar-refractivity contribution in [3.05, 3.63) is 35.4 Å². The molecule has 0 aromatic heterocycles. The summed E-state index contributed by atoms with van der Waals surface area (Å²) < 4.78 is 5.52. The number of amides is 1. The maximum absolute atomic E-state index is 12.4. The first-order valence-electron chi connectivity index (χ1n) is 6.50. The van der Waals surface area contributed by atoms with Gasteiger partial charge in [-0.05, 0) is 25.0 Å². The van der Waals surface area contributed by atoms with E-state index in [1.807, 2.05) is 18.2 Å². The fraction of sp³-hybridized carbons (Fsp3) is 0.500. The van der Waals surface area contributed by atoms with Gasteiger partial charge in [0.1, 0.15) is 12.2 Å². The number of carbonyl (C=O) groups excluding carboxylic acids is 1. The lowest BCUT2D eigenvalue weighted by Gasteiger charge is -2.34. The third kappa shape index (κ3) is 1.94. The number of aliphatic hydroxyl groups is 2. The van der Waals surface area contributed by atoms with E-state index in [-0.39, 0.29) is 5.91 Å². The van der Waals surface area contributed by atoms with Crippen LogP contribution in [0, 0.1) is 0 Å². The lowest BCUT2D eigenvalue weighted by Crippen LogP contribution is -2.50. The molecule has 0 spiro atoms. The maximum atomic E-state index is 12.4. The fourth-order valence-corrected chi connectivity index (χ4v) is 2.77. The Morgan fingerprint density at radius 2 is 2.00 bits per heavy atom. The van der Waals surface area contributed by atoms with Crippen LogP contribution in [0.15, 0.2) is 24.3 Å². The van der Waals surface area contributed by atoms with Crippen molar-refractivity contribution in [2.24, 2.45) is 0 Å². The smallest absolute Gasteiger partial charge is 0.256 e. The molecule has 2 heterocycles. The van der Waals surface area contributed by atoms with Crippen LogP contribution in [0.4, 0.5) is 0 Å². The predicted octanol–water partition coefficient (Wildman–Crippen LogP) is 0.151. The highest BCUT2D eigenvalue weighted by atomic mass is 16.6. The monoisotopic (exact) mass is 263 g/mol. The SMILES string of the molecule is CC1OC(N2CCc3ccccc3C2=O)C(O)C1O. The molecule has 1 amide bonds. The van der Waals surface area contributed by atoms with E-state index in [1.54, 1.807) is 13.0 Å². The Bertz CT molecular complexity index is 504. The molecule has 1 aromatic carbocycles. The normalized spacial score (nSPS) is 34.5. The highest BCUT2D eigenvalue weighted by Gasteiger charge is 2.45. The number of ether oxygens (including phenoxy) is 1. The zero-order valence-electron chi connectivity index (χ0n) is 10.7. The first-order chi connectivity index (χ1) is 9.09. The molecule has 2 N–H and O–H groups in total. The molecule has 0 radical (unpaired) electrons. The molecule has 0 saturated carbocycles. The molecule has 5 heteroatoms. The molecular weight excluding hydrogens is 246 g/mol. The minimum absolute atomic E-state index is 0.146. The van der Waals surface area contributed by atoms with Crippen LogP contribution >= 0.6 is 0 Å². The van der Waals surface area contributed by atoms with Crippen LogP contribution in [0.5, 0.6) is 0 Å². The number of fused-ring (bicyclic) bond motifs is 1. The molecule has 0 aliphatic carbocycles. The summed E-state index contributed by atoms with van der Waals surface area (Å²) in [6.45, 7) is 2.19. The summed E-state index contributed by atoms with van der Waals surface area (Å²) in [4.78, 5) is 13.9. The van der Waals surface area contributed by atoms with Crippen LogP contribution in [-0.4, -0.2) is 52.1 Å². The predicted molar refractivity (Wildman–Crippen MR) is 67.5 cm³/mol. The van der Waals surface area contributed by atoms with Crippen molar-refractivity contribution < 1.29 is 19.7 Å². The third-order valence-corrected chi connectivity index (χ3v) is 3.91. The second-order valence-electron chi connectivity index (χ2n) is 5.12. The van der Waals surface area contributed by atoms with Crippen molar-refractivity contribution in [2.75, 3.05) is 6.54 Å². The summed E-state index contributed by atoms with van der Waals surface area (Å²) in [6.07, 6.45) is -2.49. The summed E-state index contributed by atoms with van der Waals surface area (Å²) in [5.74, 6) is -0.146. The van der Waals surface area contributed by atoms with Crippen molar-refractivity contribution in [1.29, 1.82) is 0 Å². The van der Waals surface area contributed by atoms with Gasteiger partial charge in [-0.15, -0.1) is 0 Å². The average Bonchev–Trinajstić information content (AvgIpc) is 2.67. The van der Waals surface area contributed by atoms with E-state index >= 15 is 0 Å². The van der Waals surface area contributed by atoms with Crippen molar-refractivity contribution in [1.82, 2.24) is 4.90 Å². The Balaban J connectivity index is 1.87. The Labute approximate surface area is 111 Å². The Kier molecular flexibility index (Phi) is 3.05. The standard InChI is InChI=1S/C14H17NO4/c1-8-11(16)12(17)14(19-8)15-7-6-9-4-2-3-5-10(9)13(15)18/h2-5,8,11-12,14,16-17H,6-7H2,1H3. The van der Waals surface area contributed by atoms with Crippen LogP contribution in [0.3, 0.4) is 0 Å². The minimum Gasteiger partial charge on any atom is -0.388 e. The molecule has 3 rings (SSSR count). The highest BCUT2D eigenvalue weighted by molar-refractivity contribution is 5.96. The summed E-state index contributed by atoms with van der Waals surface area (Å²) in [7, 11) is 0. The minimum atomic E-state index is -1.05. The fourth-order valence-electron chi connectivity index (χ4n) is 2.77. The van der Waals surface area contributed by atoms with E-state index in [4.69, 9.17) is 4.74 Å². The van der Waals surface area contributed by atoms with Crippen LogP contribution in [0.25, 0.3) is 0 Å². The van der Waals surface area contributed by atoms with Gasteiger partial charge in [-0.25, -0.2) is 0 Å². The summed E-state index contributed by atoms with van der Waals surface area (Å²) >= 11 is 0. The lowest BCUT2D eigenvalue weighted by atomic mass is 9.98. The molecule has 1 fully saturated rings. The molecule has 0 bridgehead atoms. The number of hydrogen-bond acceptors (Lipinski definition) is 4. The Morgan fingerprint density at radius 1 is 1.26 bits per heavy atom. The van der Waals surface area contributed by atoms with E-state index in [0.29, 0.717) is 12.1 Å². The molecule has 2 aliphatic heterocycles. The third-order valence-electron chi connectivity index (χ3n) is 3.91. The molecule has 2 aliphatic rings. The summed E-state index contributed by atoms with van der Waals surface area (Å²) in [5, 5.41) is 19.7. The van der Waals surface area contributed by atoms with Gasteiger partial charge in [-0.2, -0.15) is 0 Å². The number of benzene rings is 1. The van der Waals surface area contributed by atoms with Crippen molar-refractivity contribution >= 4 is 5.91 Å². The molecule has 19 heavy (non-hydrogen) atoms. The van der Waals surface area contributed by atoms with E-state index in [2.05, 4.69) is 0 Å². The second kappa shape index (κ2) is 4.59. The first kappa shape index (κ1) is 12.6. The number of rotatable bonds is 1. The topological polar surface area (TPSA) is 70.0 Å². The first-order valence-corrected chi connectivity index (χ1v) is 6.50. The van der Waals surface area contributed by atoms with E-state index in [0.717, 1.165) is 12.0 Å². The van der Waals surface area contributed by atoms with E-state index < -0.39 is 24.5 Å². The highest BCUT2D eigenvalue weighted by Crippen LogP contribution is 2.28. The average molecular weight is 263 g/mol. The van der Waals surface area contributed by atoms with Gasteiger partial charge in [0.25, 0.3) is 5.91 Å². The number of aliphatic hydroxyl groups excluding tert-OH is 2. The van der Waals surface area contributed by atoms with Crippen molar-refractivity contribution in [3.63, 3.8) is 0 Å². The quantitative estimate of drug-likeness (QED) is 0.757. The number of hydrogen-bond donors (Lipinski definition) is 2. The van der Waals surface area contributed by atoms with Crippen molar-refractivity contribution in [3.8, 4) is 0 Å². The van der Waals surface area contributed by atoms with Crippen LogP contribution in [0.1, 0.15) is 22.8 Å². The molecule has 102 valence electrons.